The fourth-order valence-electron chi connectivity index (χ4n) is 2.90. The number of hydrogen-bond acceptors (Lipinski definition) is 2. The maximum Gasteiger partial charge on any atom is 0.118 e. The third-order valence-corrected chi connectivity index (χ3v) is 3.86. The summed E-state index contributed by atoms with van der Waals surface area (Å²) in [6, 6.07) is 8.62. The van der Waals surface area contributed by atoms with Gasteiger partial charge in [0.25, 0.3) is 0 Å². The first-order chi connectivity index (χ1) is 8.35. The SMILES string of the molecule is CCNCC1CCCC1c1ccc(OC)cc1. The molecule has 0 bridgehead atoms. The van der Waals surface area contributed by atoms with Crippen molar-refractivity contribution in [2.75, 3.05) is 20.2 Å². The highest BCUT2D eigenvalue weighted by Gasteiger charge is 2.27. The molecular weight excluding hydrogens is 210 g/mol. The van der Waals surface area contributed by atoms with Gasteiger partial charge in [-0.1, -0.05) is 25.5 Å². The molecule has 1 fully saturated rings. The normalized spacial score (nSPS) is 23.9. The summed E-state index contributed by atoms with van der Waals surface area (Å²) in [6.45, 7) is 4.41. The maximum atomic E-state index is 5.21. The molecule has 2 atom stereocenters. The van der Waals surface area contributed by atoms with E-state index in [2.05, 4.69) is 36.5 Å². The third-order valence-electron chi connectivity index (χ3n) is 3.86. The Morgan fingerprint density at radius 1 is 1.24 bits per heavy atom. The molecule has 0 amide bonds. The number of rotatable bonds is 5. The highest BCUT2D eigenvalue weighted by Crippen LogP contribution is 2.39. The van der Waals surface area contributed by atoms with Crippen LogP contribution in [-0.2, 0) is 0 Å². The number of hydrogen-bond donors (Lipinski definition) is 1. The molecule has 1 saturated carbocycles. The molecule has 1 aliphatic rings. The van der Waals surface area contributed by atoms with E-state index in [1.54, 1.807) is 7.11 Å². The van der Waals surface area contributed by atoms with Crippen molar-refractivity contribution in [1.29, 1.82) is 0 Å². The Morgan fingerprint density at radius 3 is 2.65 bits per heavy atom. The Morgan fingerprint density at radius 2 is 2.00 bits per heavy atom. The third kappa shape index (κ3) is 3.01. The second kappa shape index (κ2) is 6.06. The van der Waals surface area contributed by atoms with Crippen molar-refractivity contribution in [3.05, 3.63) is 29.8 Å². The molecule has 0 heterocycles. The van der Waals surface area contributed by atoms with E-state index in [4.69, 9.17) is 4.74 Å². The first kappa shape index (κ1) is 12.4. The minimum absolute atomic E-state index is 0.736. The average Bonchev–Trinajstić information content (AvgIpc) is 2.84. The first-order valence-electron chi connectivity index (χ1n) is 6.69. The second-order valence-corrected chi connectivity index (χ2v) is 4.88. The van der Waals surface area contributed by atoms with E-state index < -0.39 is 0 Å². The predicted octanol–water partition coefficient (Wildman–Crippen LogP) is 3.19. The van der Waals surface area contributed by atoms with Crippen LogP contribution in [0.1, 0.15) is 37.7 Å². The molecule has 17 heavy (non-hydrogen) atoms. The zero-order valence-electron chi connectivity index (χ0n) is 10.9. The summed E-state index contributed by atoms with van der Waals surface area (Å²) in [5.74, 6) is 2.50. The lowest BCUT2D eigenvalue weighted by atomic mass is 9.89. The zero-order chi connectivity index (χ0) is 12.1. The van der Waals surface area contributed by atoms with Crippen LogP contribution in [0.2, 0.25) is 0 Å². The molecule has 0 radical (unpaired) electrons. The highest BCUT2D eigenvalue weighted by atomic mass is 16.5. The Hall–Kier alpha value is -1.02. The molecular formula is C15H23NO. The van der Waals surface area contributed by atoms with Gasteiger partial charge >= 0.3 is 0 Å². The number of nitrogens with one attached hydrogen (secondary N) is 1. The van der Waals surface area contributed by atoms with Gasteiger partial charge in [0.05, 0.1) is 7.11 Å². The lowest BCUT2D eigenvalue weighted by Crippen LogP contribution is -2.24. The van der Waals surface area contributed by atoms with Crippen LogP contribution in [-0.4, -0.2) is 20.2 Å². The molecule has 1 aromatic rings. The van der Waals surface area contributed by atoms with Crippen LogP contribution < -0.4 is 10.1 Å². The van der Waals surface area contributed by atoms with Gasteiger partial charge in [-0.05, 0) is 55.5 Å². The van der Waals surface area contributed by atoms with E-state index in [-0.39, 0.29) is 0 Å². The minimum atomic E-state index is 0.736. The first-order valence-corrected chi connectivity index (χ1v) is 6.69. The molecule has 0 spiro atoms. The molecule has 2 unspecified atom stereocenters. The van der Waals surface area contributed by atoms with Crippen molar-refractivity contribution in [2.45, 2.75) is 32.1 Å². The summed E-state index contributed by atoms with van der Waals surface area (Å²) in [7, 11) is 1.72. The summed E-state index contributed by atoms with van der Waals surface area (Å²) >= 11 is 0. The molecule has 2 rings (SSSR count). The van der Waals surface area contributed by atoms with Gasteiger partial charge in [-0.3, -0.25) is 0 Å². The molecule has 1 aromatic carbocycles. The summed E-state index contributed by atoms with van der Waals surface area (Å²) in [6.07, 6.45) is 4.07. The zero-order valence-corrected chi connectivity index (χ0v) is 10.9. The van der Waals surface area contributed by atoms with Crippen molar-refractivity contribution in [1.82, 2.24) is 5.32 Å². The van der Waals surface area contributed by atoms with Gasteiger partial charge in [0, 0.05) is 0 Å². The van der Waals surface area contributed by atoms with Gasteiger partial charge in [0.2, 0.25) is 0 Å². The van der Waals surface area contributed by atoms with Crippen LogP contribution in [0.25, 0.3) is 0 Å². The molecule has 0 aliphatic heterocycles. The summed E-state index contributed by atoms with van der Waals surface area (Å²) in [5.41, 5.74) is 1.48. The van der Waals surface area contributed by atoms with Gasteiger partial charge in [0.1, 0.15) is 5.75 Å². The standard InChI is InChI=1S/C15H23NO/c1-3-16-11-13-5-4-6-15(13)12-7-9-14(17-2)10-8-12/h7-10,13,15-16H,3-6,11H2,1-2H3. The summed E-state index contributed by atoms with van der Waals surface area (Å²) in [5, 5.41) is 3.49. The Bertz CT molecular complexity index is 333. The van der Waals surface area contributed by atoms with E-state index in [1.807, 2.05) is 0 Å². The van der Waals surface area contributed by atoms with Crippen LogP contribution in [0.5, 0.6) is 5.75 Å². The second-order valence-electron chi connectivity index (χ2n) is 4.88. The van der Waals surface area contributed by atoms with Crippen molar-refractivity contribution in [3.63, 3.8) is 0 Å². The smallest absolute Gasteiger partial charge is 0.118 e. The van der Waals surface area contributed by atoms with Gasteiger partial charge < -0.3 is 10.1 Å². The van der Waals surface area contributed by atoms with Crippen LogP contribution in [0.15, 0.2) is 24.3 Å². The lowest BCUT2D eigenvalue weighted by Gasteiger charge is -2.20. The number of methoxy groups -OCH3 is 1. The van der Waals surface area contributed by atoms with Crippen molar-refractivity contribution in [3.8, 4) is 5.75 Å². The number of ether oxygens (including phenoxy) is 1. The van der Waals surface area contributed by atoms with Gasteiger partial charge in [0.15, 0.2) is 0 Å². The Labute approximate surface area is 104 Å². The van der Waals surface area contributed by atoms with E-state index in [0.29, 0.717) is 0 Å². The van der Waals surface area contributed by atoms with E-state index in [0.717, 1.165) is 30.7 Å². The van der Waals surface area contributed by atoms with Gasteiger partial charge in [-0.25, -0.2) is 0 Å². The Kier molecular flexibility index (Phi) is 4.43. The maximum absolute atomic E-state index is 5.21. The fraction of sp³-hybridized carbons (Fsp3) is 0.600. The number of benzene rings is 1. The van der Waals surface area contributed by atoms with Crippen LogP contribution in [0.3, 0.4) is 0 Å². The molecule has 1 aliphatic carbocycles. The summed E-state index contributed by atoms with van der Waals surface area (Å²) in [4.78, 5) is 0. The molecule has 0 aromatic heterocycles. The Balaban J connectivity index is 2.03. The minimum Gasteiger partial charge on any atom is -0.497 e. The van der Waals surface area contributed by atoms with Crippen LogP contribution in [0, 0.1) is 5.92 Å². The van der Waals surface area contributed by atoms with Crippen molar-refractivity contribution in [2.24, 2.45) is 5.92 Å². The molecule has 2 heteroatoms. The van der Waals surface area contributed by atoms with E-state index in [1.165, 1.54) is 24.8 Å². The van der Waals surface area contributed by atoms with Crippen LogP contribution in [0.4, 0.5) is 0 Å². The topological polar surface area (TPSA) is 21.3 Å². The van der Waals surface area contributed by atoms with E-state index in [9.17, 15) is 0 Å². The largest absolute Gasteiger partial charge is 0.497 e. The molecule has 0 saturated heterocycles. The average molecular weight is 233 g/mol. The van der Waals surface area contributed by atoms with Gasteiger partial charge in [-0.2, -0.15) is 0 Å². The van der Waals surface area contributed by atoms with Crippen LogP contribution >= 0.6 is 0 Å². The lowest BCUT2D eigenvalue weighted by molar-refractivity contribution is 0.413. The monoisotopic (exact) mass is 233 g/mol. The van der Waals surface area contributed by atoms with Gasteiger partial charge in [-0.15, -0.1) is 0 Å². The molecule has 94 valence electrons. The quantitative estimate of drug-likeness (QED) is 0.843. The fourth-order valence-corrected chi connectivity index (χ4v) is 2.90. The van der Waals surface area contributed by atoms with E-state index >= 15 is 0 Å². The molecule has 2 nitrogen and oxygen atoms in total. The molecule has 1 N–H and O–H groups in total. The van der Waals surface area contributed by atoms with Crippen molar-refractivity contribution >= 4 is 0 Å². The van der Waals surface area contributed by atoms with Crippen molar-refractivity contribution < 1.29 is 4.74 Å². The summed E-state index contributed by atoms with van der Waals surface area (Å²) < 4.78 is 5.21. The highest BCUT2D eigenvalue weighted by molar-refractivity contribution is 5.30. The predicted molar refractivity (Wildman–Crippen MR) is 71.6 cm³/mol.